The summed E-state index contributed by atoms with van der Waals surface area (Å²) in [7, 11) is 0. The minimum Gasteiger partial charge on any atom is -0.368 e. The SMILES string of the molecule is CCC(C)Nc1nc(N)ncc1Cl. The van der Waals surface area contributed by atoms with Crippen molar-refractivity contribution in [2.45, 2.75) is 26.3 Å². The van der Waals surface area contributed by atoms with Crippen molar-refractivity contribution < 1.29 is 0 Å². The first-order valence-electron chi connectivity index (χ1n) is 4.18. The van der Waals surface area contributed by atoms with Gasteiger partial charge in [-0.2, -0.15) is 4.98 Å². The maximum atomic E-state index is 5.85. The van der Waals surface area contributed by atoms with Crippen LogP contribution < -0.4 is 11.1 Å². The molecular weight excluding hydrogens is 188 g/mol. The van der Waals surface area contributed by atoms with Gasteiger partial charge in [0, 0.05) is 6.04 Å². The lowest BCUT2D eigenvalue weighted by atomic mass is 10.2. The molecule has 0 aliphatic rings. The lowest BCUT2D eigenvalue weighted by Crippen LogP contribution is -2.15. The topological polar surface area (TPSA) is 63.8 Å². The van der Waals surface area contributed by atoms with Crippen molar-refractivity contribution in [3.8, 4) is 0 Å². The average Bonchev–Trinajstić information content (AvgIpc) is 2.11. The maximum Gasteiger partial charge on any atom is 0.222 e. The van der Waals surface area contributed by atoms with Crippen LogP contribution in [0.5, 0.6) is 0 Å². The Morgan fingerprint density at radius 3 is 3.00 bits per heavy atom. The van der Waals surface area contributed by atoms with Crippen molar-refractivity contribution in [2.24, 2.45) is 0 Å². The predicted molar refractivity (Wildman–Crippen MR) is 54.8 cm³/mol. The Kier molecular flexibility index (Phi) is 3.31. The van der Waals surface area contributed by atoms with Crippen LogP contribution in [0.2, 0.25) is 5.02 Å². The van der Waals surface area contributed by atoms with Crippen LogP contribution in [0.3, 0.4) is 0 Å². The Hall–Kier alpha value is -1.03. The fourth-order valence-electron chi connectivity index (χ4n) is 0.817. The lowest BCUT2D eigenvalue weighted by molar-refractivity contribution is 0.759. The van der Waals surface area contributed by atoms with Crippen molar-refractivity contribution in [1.29, 1.82) is 0 Å². The van der Waals surface area contributed by atoms with Gasteiger partial charge in [0.05, 0.1) is 6.20 Å². The van der Waals surface area contributed by atoms with Gasteiger partial charge in [0.25, 0.3) is 0 Å². The molecule has 0 amide bonds. The van der Waals surface area contributed by atoms with Gasteiger partial charge in [-0.3, -0.25) is 0 Å². The Bertz CT molecular complexity index is 289. The highest BCUT2D eigenvalue weighted by atomic mass is 35.5. The first-order valence-corrected chi connectivity index (χ1v) is 4.55. The smallest absolute Gasteiger partial charge is 0.222 e. The number of nitrogens with two attached hydrogens (primary N) is 1. The number of rotatable bonds is 3. The Morgan fingerprint density at radius 1 is 1.69 bits per heavy atom. The van der Waals surface area contributed by atoms with Crippen molar-refractivity contribution in [2.75, 3.05) is 11.1 Å². The molecule has 13 heavy (non-hydrogen) atoms. The second-order valence-electron chi connectivity index (χ2n) is 2.88. The summed E-state index contributed by atoms with van der Waals surface area (Å²) in [6.07, 6.45) is 2.49. The van der Waals surface area contributed by atoms with Gasteiger partial charge in [-0.1, -0.05) is 18.5 Å². The second-order valence-corrected chi connectivity index (χ2v) is 3.29. The lowest BCUT2D eigenvalue weighted by Gasteiger charge is -2.12. The Morgan fingerprint density at radius 2 is 2.38 bits per heavy atom. The van der Waals surface area contributed by atoms with Gasteiger partial charge in [0.15, 0.2) is 5.82 Å². The highest BCUT2D eigenvalue weighted by Gasteiger charge is 2.05. The Labute approximate surface area is 82.5 Å². The van der Waals surface area contributed by atoms with E-state index in [0.29, 0.717) is 16.9 Å². The van der Waals surface area contributed by atoms with Crippen LogP contribution in [-0.2, 0) is 0 Å². The summed E-state index contributed by atoms with van der Waals surface area (Å²) in [5, 5.41) is 3.63. The molecule has 1 atom stereocenters. The van der Waals surface area contributed by atoms with Crippen LogP contribution in [0.1, 0.15) is 20.3 Å². The average molecular weight is 201 g/mol. The Balaban J connectivity index is 2.81. The predicted octanol–water partition coefficient (Wildman–Crippen LogP) is 1.92. The second kappa shape index (κ2) is 4.28. The fourth-order valence-corrected chi connectivity index (χ4v) is 0.963. The van der Waals surface area contributed by atoms with Crippen molar-refractivity contribution in [1.82, 2.24) is 9.97 Å². The summed E-state index contributed by atoms with van der Waals surface area (Å²) < 4.78 is 0. The molecule has 0 bridgehead atoms. The van der Waals surface area contributed by atoms with Crippen LogP contribution in [0.25, 0.3) is 0 Å². The highest BCUT2D eigenvalue weighted by Crippen LogP contribution is 2.19. The third-order valence-corrected chi connectivity index (χ3v) is 2.03. The van der Waals surface area contributed by atoms with Gasteiger partial charge < -0.3 is 11.1 Å². The van der Waals surface area contributed by atoms with E-state index in [9.17, 15) is 0 Å². The van der Waals surface area contributed by atoms with Crippen LogP contribution in [0, 0.1) is 0 Å². The van der Waals surface area contributed by atoms with Crippen molar-refractivity contribution >= 4 is 23.4 Å². The van der Waals surface area contributed by atoms with Gasteiger partial charge >= 0.3 is 0 Å². The summed E-state index contributed by atoms with van der Waals surface area (Å²) in [5.74, 6) is 0.832. The van der Waals surface area contributed by atoms with Gasteiger partial charge in [-0.15, -0.1) is 0 Å². The van der Waals surface area contributed by atoms with Crippen LogP contribution in [0.4, 0.5) is 11.8 Å². The number of halogens is 1. The standard InChI is InChI=1S/C8H13ClN4/c1-3-5(2)12-7-6(9)4-11-8(10)13-7/h4-5H,3H2,1-2H3,(H3,10,11,12,13). The summed E-state index contributed by atoms with van der Waals surface area (Å²) in [6, 6.07) is 0.326. The molecule has 0 aliphatic carbocycles. The zero-order chi connectivity index (χ0) is 9.84. The molecule has 1 rings (SSSR count). The first-order chi connectivity index (χ1) is 6.13. The largest absolute Gasteiger partial charge is 0.368 e. The summed E-state index contributed by atoms with van der Waals surface area (Å²) in [5.41, 5.74) is 5.42. The van der Waals surface area contributed by atoms with Crippen LogP contribution in [-0.4, -0.2) is 16.0 Å². The summed E-state index contributed by atoms with van der Waals surface area (Å²) in [4.78, 5) is 7.75. The van der Waals surface area contributed by atoms with E-state index in [1.54, 1.807) is 0 Å². The van der Waals surface area contributed by atoms with E-state index in [1.165, 1.54) is 6.20 Å². The van der Waals surface area contributed by atoms with Crippen LogP contribution in [0.15, 0.2) is 6.20 Å². The molecular formula is C8H13ClN4. The fraction of sp³-hybridized carbons (Fsp3) is 0.500. The first kappa shape index (κ1) is 10.1. The molecule has 0 radical (unpaired) electrons. The third-order valence-electron chi connectivity index (χ3n) is 1.76. The van der Waals surface area contributed by atoms with E-state index in [4.69, 9.17) is 17.3 Å². The number of aromatic nitrogens is 2. The van der Waals surface area contributed by atoms with E-state index < -0.39 is 0 Å². The molecule has 1 aromatic heterocycles. The molecule has 0 saturated heterocycles. The zero-order valence-corrected chi connectivity index (χ0v) is 8.47. The van der Waals surface area contributed by atoms with E-state index in [2.05, 4.69) is 29.1 Å². The molecule has 72 valence electrons. The van der Waals surface area contributed by atoms with Gasteiger partial charge in [0.1, 0.15) is 5.02 Å². The van der Waals surface area contributed by atoms with Crippen molar-refractivity contribution in [3.05, 3.63) is 11.2 Å². The van der Waals surface area contributed by atoms with E-state index in [0.717, 1.165) is 6.42 Å². The van der Waals surface area contributed by atoms with Gasteiger partial charge in [0.2, 0.25) is 5.95 Å². The molecule has 0 saturated carbocycles. The van der Waals surface area contributed by atoms with E-state index in [1.807, 2.05) is 0 Å². The number of anilines is 2. The van der Waals surface area contributed by atoms with Gasteiger partial charge in [-0.25, -0.2) is 4.98 Å². The number of nitrogens with one attached hydrogen (secondary N) is 1. The van der Waals surface area contributed by atoms with Gasteiger partial charge in [-0.05, 0) is 13.3 Å². The third kappa shape index (κ3) is 2.73. The summed E-state index contributed by atoms with van der Waals surface area (Å²) in [6.45, 7) is 4.13. The minimum absolute atomic E-state index is 0.232. The molecule has 0 aliphatic heterocycles. The molecule has 1 aromatic rings. The molecule has 1 heterocycles. The molecule has 0 spiro atoms. The molecule has 0 aromatic carbocycles. The van der Waals surface area contributed by atoms with E-state index in [-0.39, 0.29) is 5.95 Å². The quantitative estimate of drug-likeness (QED) is 0.783. The van der Waals surface area contributed by atoms with Crippen molar-refractivity contribution in [3.63, 3.8) is 0 Å². The molecule has 3 N–H and O–H groups in total. The minimum atomic E-state index is 0.232. The normalized spacial score (nSPS) is 12.5. The number of nitrogens with zero attached hydrogens (tertiary/aromatic N) is 2. The monoisotopic (exact) mass is 200 g/mol. The van der Waals surface area contributed by atoms with E-state index >= 15 is 0 Å². The van der Waals surface area contributed by atoms with Crippen LogP contribution >= 0.6 is 11.6 Å². The highest BCUT2D eigenvalue weighted by molar-refractivity contribution is 6.32. The number of hydrogen-bond donors (Lipinski definition) is 2. The number of nitrogen functional groups attached to an aromatic ring is 1. The maximum absolute atomic E-state index is 5.85. The molecule has 0 fully saturated rings. The molecule has 1 unspecified atom stereocenters. The molecule has 4 nitrogen and oxygen atoms in total. The number of hydrogen-bond acceptors (Lipinski definition) is 4. The molecule has 5 heteroatoms. The summed E-state index contributed by atoms with van der Waals surface area (Å²) >= 11 is 5.85. The zero-order valence-electron chi connectivity index (χ0n) is 7.71.